The molecule has 0 saturated carbocycles. The van der Waals surface area contributed by atoms with Gasteiger partial charge in [0, 0.05) is 22.2 Å². The highest BCUT2D eigenvalue weighted by Gasteiger charge is 2.06. The van der Waals surface area contributed by atoms with E-state index in [1.165, 1.54) is 12.1 Å². The van der Waals surface area contributed by atoms with Crippen LogP contribution in [0.4, 0.5) is 0 Å². The van der Waals surface area contributed by atoms with E-state index in [1.807, 2.05) is 6.07 Å². The maximum atomic E-state index is 11.8. The molecule has 0 unspecified atom stereocenters. The highest BCUT2D eigenvalue weighted by Crippen LogP contribution is 2.21. The van der Waals surface area contributed by atoms with Crippen molar-refractivity contribution in [1.29, 1.82) is 0 Å². The average molecular weight is 310 g/mol. The molecule has 0 aliphatic rings. The van der Waals surface area contributed by atoms with Crippen LogP contribution >= 0.6 is 23.2 Å². The largest absolute Gasteiger partial charge is 0.508 e. The van der Waals surface area contributed by atoms with Crippen molar-refractivity contribution in [1.82, 2.24) is 5.32 Å². The molecule has 0 bridgehead atoms. The minimum absolute atomic E-state index is 0.0680. The first-order valence-corrected chi connectivity index (χ1v) is 6.83. The third-order valence-electron chi connectivity index (χ3n) is 2.80. The summed E-state index contributed by atoms with van der Waals surface area (Å²) in [6, 6.07) is 11.5. The number of nitrogens with one attached hydrogen (secondary N) is 1. The fourth-order valence-electron chi connectivity index (χ4n) is 1.78. The second-order valence-corrected chi connectivity index (χ2v) is 5.14. The Kier molecular flexibility index (Phi) is 4.88. The second kappa shape index (κ2) is 6.64. The van der Waals surface area contributed by atoms with E-state index < -0.39 is 0 Å². The minimum atomic E-state index is -0.231. The summed E-state index contributed by atoms with van der Waals surface area (Å²) < 4.78 is 0. The van der Waals surface area contributed by atoms with Crippen molar-refractivity contribution in [2.45, 2.75) is 6.42 Å². The lowest BCUT2D eigenvalue weighted by atomic mass is 10.1. The van der Waals surface area contributed by atoms with Gasteiger partial charge in [-0.1, -0.05) is 35.3 Å². The lowest BCUT2D eigenvalue weighted by Gasteiger charge is -2.07. The average Bonchev–Trinajstić information content (AvgIpc) is 2.41. The molecule has 0 saturated heterocycles. The maximum absolute atomic E-state index is 11.8. The van der Waals surface area contributed by atoms with Crippen molar-refractivity contribution >= 4 is 29.1 Å². The van der Waals surface area contributed by atoms with E-state index in [2.05, 4.69) is 5.32 Å². The molecule has 2 rings (SSSR count). The van der Waals surface area contributed by atoms with Gasteiger partial charge in [0.2, 0.25) is 0 Å². The Bertz CT molecular complexity index is 629. The van der Waals surface area contributed by atoms with Crippen LogP contribution in [0.2, 0.25) is 10.0 Å². The molecule has 0 aliphatic heterocycles. The van der Waals surface area contributed by atoms with Gasteiger partial charge >= 0.3 is 0 Å². The monoisotopic (exact) mass is 309 g/mol. The highest BCUT2D eigenvalue weighted by molar-refractivity contribution is 6.35. The second-order valence-electron chi connectivity index (χ2n) is 4.29. The molecule has 20 heavy (non-hydrogen) atoms. The van der Waals surface area contributed by atoms with Gasteiger partial charge in [0.15, 0.2) is 0 Å². The molecule has 0 radical (unpaired) electrons. The van der Waals surface area contributed by atoms with Gasteiger partial charge in [0.05, 0.1) is 0 Å². The Morgan fingerprint density at radius 1 is 1.15 bits per heavy atom. The molecule has 0 heterocycles. The summed E-state index contributed by atoms with van der Waals surface area (Å²) in [6.45, 7) is 0.454. The molecule has 2 aromatic rings. The van der Waals surface area contributed by atoms with Crippen LogP contribution in [0, 0.1) is 0 Å². The van der Waals surface area contributed by atoms with Crippen LogP contribution < -0.4 is 5.32 Å². The first-order valence-electron chi connectivity index (χ1n) is 6.07. The molecule has 0 atom stereocenters. The van der Waals surface area contributed by atoms with E-state index >= 15 is 0 Å². The minimum Gasteiger partial charge on any atom is -0.508 e. The van der Waals surface area contributed by atoms with Gasteiger partial charge in [0.1, 0.15) is 5.75 Å². The summed E-state index contributed by atoms with van der Waals surface area (Å²) in [5, 5.41) is 13.3. The van der Waals surface area contributed by atoms with Gasteiger partial charge in [-0.3, -0.25) is 4.79 Å². The molecule has 5 heteroatoms. The number of carbonyl (C=O) groups excluding carboxylic acids is 1. The van der Waals surface area contributed by atoms with E-state index in [9.17, 15) is 9.90 Å². The van der Waals surface area contributed by atoms with Gasteiger partial charge in [-0.15, -0.1) is 0 Å². The van der Waals surface area contributed by atoms with E-state index in [0.717, 1.165) is 5.56 Å². The summed E-state index contributed by atoms with van der Waals surface area (Å²) >= 11 is 11.9. The van der Waals surface area contributed by atoms with Crippen LogP contribution in [-0.2, 0) is 6.42 Å². The van der Waals surface area contributed by atoms with Crippen LogP contribution in [0.15, 0.2) is 42.5 Å². The SMILES string of the molecule is O=C(NCCc1ccc(Cl)cc1Cl)c1cccc(O)c1. The number of phenolic OH excluding ortho intramolecular Hbond substituents is 1. The number of phenols is 1. The fraction of sp³-hybridized carbons (Fsp3) is 0.133. The van der Waals surface area contributed by atoms with Crippen molar-refractivity contribution < 1.29 is 9.90 Å². The smallest absolute Gasteiger partial charge is 0.251 e. The topological polar surface area (TPSA) is 49.3 Å². The number of amides is 1. The normalized spacial score (nSPS) is 10.3. The Labute approximate surface area is 127 Å². The quantitative estimate of drug-likeness (QED) is 0.905. The number of carbonyl (C=O) groups is 1. The van der Waals surface area contributed by atoms with Crippen LogP contribution in [0.1, 0.15) is 15.9 Å². The van der Waals surface area contributed by atoms with Gasteiger partial charge in [-0.05, 0) is 42.3 Å². The molecule has 0 aliphatic carbocycles. The van der Waals surface area contributed by atoms with Crippen molar-refractivity contribution in [3.63, 3.8) is 0 Å². The molecule has 1 amide bonds. The zero-order valence-electron chi connectivity index (χ0n) is 10.6. The van der Waals surface area contributed by atoms with E-state index in [1.54, 1.807) is 24.3 Å². The van der Waals surface area contributed by atoms with Gasteiger partial charge in [-0.25, -0.2) is 0 Å². The lowest BCUT2D eigenvalue weighted by molar-refractivity contribution is 0.0953. The number of benzene rings is 2. The molecule has 0 aromatic heterocycles. The zero-order chi connectivity index (χ0) is 14.5. The number of rotatable bonds is 4. The van der Waals surface area contributed by atoms with Crippen molar-refractivity contribution in [2.24, 2.45) is 0 Å². The van der Waals surface area contributed by atoms with E-state index in [4.69, 9.17) is 23.2 Å². The van der Waals surface area contributed by atoms with Gasteiger partial charge in [-0.2, -0.15) is 0 Å². The Morgan fingerprint density at radius 2 is 1.95 bits per heavy atom. The first kappa shape index (κ1) is 14.7. The van der Waals surface area contributed by atoms with Crippen LogP contribution in [0.25, 0.3) is 0 Å². The molecular formula is C15H13Cl2NO2. The predicted octanol–water partition coefficient (Wildman–Crippen LogP) is 3.67. The fourth-order valence-corrected chi connectivity index (χ4v) is 2.29. The molecule has 2 N–H and O–H groups in total. The third-order valence-corrected chi connectivity index (χ3v) is 3.39. The lowest BCUT2D eigenvalue weighted by Crippen LogP contribution is -2.25. The third kappa shape index (κ3) is 3.89. The van der Waals surface area contributed by atoms with Crippen molar-refractivity contribution in [3.8, 4) is 5.75 Å². The maximum Gasteiger partial charge on any atom is 0.251 e. The summed E-state index contributed by atoms with van der Waals surface area (Å²) in [5.41, 5.74) is 1.35. The number of halogens is 2. The van der Waals surface area contributed by atoms with Gasteiger partial charge < -0.3 is 10.4 Å². The summed E-state index contributed by atoms with van der Waals surface area (Å²) in [7, 11) is 0. The molecule has 3 nitrogen and oxygen atoms in total. The zero-order valence-corrected chi connectivity index (χ0v) is 12.1. The molecular weight excluding hydrogens is 297 g/mol. The van der Waals surface area contributed by atoms with E-state index in [0.29, 0.717) is 28.6 Å². The van der Waals surface area contributed by atoms with Crippen LogP contribution in [-0.4, -0.2) is 17.6 Å². The van der Waals surface area contributed by atoms with Crippen molar-refractivity contribution in [2.75, 3.05) is 6.54 Å². The number of hydrogen-bond acceptors (Lipinski definition) is 2. The summed E-state index contributed by atoms with van der Waals surface area (Å²) in [5.74, 6) is -0.163. The van der Waals surface area contributed by atoms with Crippen LogP contribution in [0.5, 0.6) is 5.75 Å². The Balaban J connectivity index is 1.91. The van der Waals surface area contributed by atoms with Crippen LogP contribution in [0.3, 0.4) is 0 Å². The van der Waals surface area contributed by atoms with Crippen molar-refractivity contribution in [3.05, 3.63) is 63.6 Å². The highest BCUT2D eigenvalue weighted by atomic mass is 35.5. The first-order chi connectivity index (χ1) is 9.56. The standard InChI is InChI=1S/C15H13Cl2NO2/c16-12-5-4-10(14(17)9-12)6-7-18-15(20)11-2-1-3-13(19)8-11/h1-5,8-9,19H,6-7H2,(H,18,20). The predicted molar refractivity (Wildman–Crippen MR) is 80.6 cm³/mol. The number of aromatic hydroxyl groups is 1. The molecule has 0 spiro atoms. The molecule has 2 aromatic carbocycles. The molecule has 0 fully saturated rings. The summed E-state index contributed by atoms with van der Waals surface area (Å²) in [4.78, 5) is 11.8. The number of hydrogen-bond donors (Lipinski definition) is 2. The molecule has 104 valence electrons. The summed E-state index contributed by atoms with van der Waals surface area (Å²) in [6.07, 6.45) is 0.612. The Morgan fingerprint density at radius 3 is 2.65 bits per heavy atom. The van der Waals surface area contributed by atoms with Gasteiger partial charge in [0.25, 0.3) is 5.91 Å². The Hall–Kier alpha value is -1.71. The van der Waals surface area contributed by atoms with E-state index in [-0.39, 0.29) is 11.7 Å².